The summed E-state index contributed by atoms with van der Waals surface area (Å²) in [5, 5.41) is 4.12. The molecule has 6 heteroatoms. The van der Waals surface area contributed by atoms with E-state index in [1.54, 1.807) is 10.9 Å². The first kappa shape index (κ1) is 13.9. The highest BCUT2D eigenvalue weighted by molar-refractivity contribution is 9.10. The summed E-state index contributed by atoms with van der Waals surface area (Å²) in [6.07, 6.45) is 2.29. The second-order valence-electron chi connectivity index (χ2n) is 3.55. The van der Waals surface area contributed by atoms with Crippen LogP contribution in [0.15, 0.2) is 10.7 Å². The van der Waals surface area contributed by atoms with E-state index < -0.39 is 0 Å². The third-order valence-corrected chi connectivity index (χ3v) is 3.06. The Morgan fingerprint density at radius 2 is 2.18 bits per heavy atom. The van der Waals surface area contributed by atoms with Crippen LogP contribution in [0.1, 0.15) is 25.5 Å². The molecule has 0 bridgehead atoms. The first-order valence-electron chi connectivity index (χ1n) is 5.37. The molecule has 1 aromatic rings. The fraction of sp³-hybridized carbons (Fsp3) is 0.545. The molecule has 0 atom stereocenters. The maximum Gasteiger partial charge on any atom is 0.305 e. The maximum absolute atomic E-state index is 11.7. The molecule has 0 saturated carbocycles. The number of carbonyl (C=O) groups excluding carboxylic acids is 2. The lowest BCUT2D eigenvalue weighted by atomic mass is 10.1. The number of esters is 1. The first-order valence-corrected chi connectivity index (χ1v) is 6.16. The van der Waals surface area contributed by atoms with Crippen LogP contribution in [0.4, 0.5) is 0 Å². The zero-order valence-electron chi connectivity index (χ0n) is 9.90. The van der Waals surface area contributed by atoms with Gasteiger partial charge >= 0.3 is 5.97 Å². The van der Waals surface area contributed by atoms with Crippen LogP contribution in [-0.2, 0) is 27.3 Å². The van der Waals surface area contributed by atoms with Gasteiger partial charge in [-0.2, -0.15) is 5.10 Å². The van der Waals surface area contributed by atoms with Gasteiger partial charge in [-0.25, -0.2) is 0 Å². The van der Waals surface area contributed by atoms with Gasteiger partial charge < -0.3 is 4.74 Å². The molecular weight excluding hydrogens is 288 g/mol. The van der Waals surface area contributed by atoms with E-state index in [2.05, 4.69) is 25.8 Å². The smallest absolute Gasteiger partial charge is 0.305 e. The molecule has 0 aromatic carbocycles. The molecule has 0 spiro atoms. The predicted octanol–water partition coefficient (Wildman–Crippen LogP) is 1.73. The number of hydrogen-bond acceptors (Lipinski definition) is 4. The summed E-state index contributed by atoms with van der Waals surface area (Å²) in [6.45, 7) is 2.67. The van der Waals surface area contributed by atoms with Crippen LogP contribution in [-0.4, -0.2) is 28.6 Å². The average Bonchev–Trinajstić information content (AvgIpc) is 2.67. The number of carbonyl (C=O) groups is 2. The molecule has 0 unspecified atom stereocenters. The third kappa shape index (κ3) is 3.96. The summed E-state index contributed by atoms with van der Waals surface area (Å²) in [4.78, 5) is 22.6. The summed E-state index contributed by atoms with van der Waals surface area (Å²) >= 11 is 3.35. The summed E-state index contributed by atoms with van der Waals surface area (Å²) in [5.41, 5.74) is 0.849. The lowest BCUT2D eigenvalue weighted by Crippen LogP contribution is -2.11. The highest BCUT2D eigenvalue weighted by Crippen LogP contribution is 2.17. The lowest BCUT2D eigenvalue weighted by Gasteiger charge is -2.04. The quantitative estimate of drug-likeness (QED) is 0.751. The minimum absolute atomic E-state index is 0.00583. The van der Waals surface area contributed by atoms with Crippen molar-refractivity contribution in [1.29, 1.82) is 0 Å². The Labute approximate surface area is 108 Å². The van der Waals surface area contributed by atoms with E-state index in [0.717, 1.165) is 10.2 Å². The molecule has 17 heavy (non-hydrogen) atoms. The molecular formula is C11H15BrN2O3. The fourth-order valence-electron chi connectivity index (χ4n) is 1.45. The molecule has 1 aromatic heterocycles. The number of methoxy groups -OCH3 is 1. The van der Waals surface area contributed by atoms with Crippen molar-refractivity contribution in [2.75, 3.05) is 7.11 Å². The van der Waals surface area contributed by atoms with Gasteiger partial charge in [0.05, 0.1) is 29.9 Å². The number of nitrogens with zero attached hydrogens (tertiary/aromatic N) is 2. The van der Waals surface area contributed by atoms with Crippen molar-refractivity contribution in [1.82, 2.24) is 9.78 Å². The highest BCUT2D eigenvalue weighted by Gasteiger charge is 2.13. The number of ether oxygens (including phenoxy) is 1. The van der Waals surface area contributed by atoms with Gasteiger partial charge in [-0.1, -0.05) is 0 Å². The molecule has 1 rings (SSSR count). The molecule has 0 fully saturated rings. The minimum atomic E-state index is -0.360. The van der Waals surface area contributed by atoms with E-state index in [-0.39, 0.29) is 31.0 Å². The van der Waals surface area contributed by atoms with Crippen molar-refractivity contribution in [3.05, 3.63) is 16.4 Å². The Hall–Kier alpha value is -1.17. The Morgan fingerprint density at radius 3 is 2.76 bits per heavy atom. The zero-order chi connectivity index (χ0) is 12.8. The van der Waals surface area contributed by atoms with Crippen LogP contribution >= 0.6 is 15.9 Å². The highest BCUT2D eigenvalue weighted by atomic mass is 79.9. The Bertz CT molecular complexity index is 415. The topological polar surface area (TPSA) is 61.2 Å². The molecule has 0 N–H and O–H groups in total. The second kappa shape index (κ2) is 6.54. The van der Waals surface area contributed by atoms with E-state index in [4.69, 9.17) is 0 Å². The van der Waals surface area contributed by atoms with E-state index >= 15 is 0 Å². The Morgan fingerprint density at radius 1 is 1.47 bits per heavy atom. The normalized spacial score (nSPS) is 10.3. The third-order valence-electron chi connectivity index (χ3n) is 2.40. The SMILES string of the molecule is CCn1ncc(Br)c1CC(=O)CCC(=O)OC. The summed E-state index contributed by atoms with van der Waals surface area (Å²) in [7, 11) is 1.32. The van der Waals surface area contributed by atoms with Crippen molar-refractivity contribution >= 4 is 27.7 Å². The van der Waals surface area contributed by atoms with Crippen LogP contribution in [0.2, 0.25) is 0 Å². The van der Waals surface area contributed by atoms with Crippen LogP contribution in [0.25, 0.3) is 0 Å². The summed E-state index contributed by atoms with van der Waals surface area (Å²) in [6, 6.07) is 0. The van der Waals surface area contributed by atoms with Crippen molar-refractivity contribution in [2.24, 2.45) is 0 Å². The zero-order valence-corrected chi connectivity index (χ0v) is 11.5. The summed E-state index contributed by atoms with van der Waals surface area (Å²) < 4.78 is 7.08. The molecule has 0 radical (unpaired) electrons. The van der Waals surface area contributed by atoms with Gasteiger partial charge in [0.1, 0.15) is 5.78 Å². The van der Waals surface area contributed by atoms with Crippen molar-refractivity contribution in [3.8, 4) is 0 Å². The molecule has 0 amide bonds. The molecule has 5 nitrogen and oxygen atoms in total. The van der Waals surface area contributed by atoms with E-state index in [1.165, 1.54) is 7.11 Å². The number of ketones is 1. The van der Waals surface area contributed by atoms with Gasteiger partial charge in [0.15, 0.2) is 0 Å². The van der Waals surface area contributed by atoms with E-state index in [1.807, 2.05) is 6.92 Å². The predicted molar refractivity (Wildman–Crippen MR) is 65.6 cm³/mol. The molecule has 0 aliphatic heterocycles. The molecule has 94 valence electrons. The number of rotatable bonds is 6. The Balaban J connectivity index is 2.55. The second-order valence-corrected chi connectivity index (χ2v) is 4.40. The average molecular weight is 303 g/mol. The van der Waals surface area contributed by atoms with Gasteiger partial charge in [0.25, 0.3) is 0 Å². The number of halogens is 1. The van der Waals surface area contributed by atoms with Gasteiger partial charge in [-0.05, 0) is 22.9 Å². The van der Waals surface area contributed by atoms with E-state index in [0.29, 0.717) is 6.54 Å². The number of aromatic nitrogens is 2. The fourth-order valence-corrected chi connectivity index (χ4v) is 1.89. The van der Waals surface area contributed by atoms with Gasteiger partial charge in [-0.3, -0.25) is 14.3 Å². The minimum Gasteiger partial charge on any atom is -0.469 e. The van der Waals surface area contributed by atoms with Crippen LogP contribution < -0.4 is 0 Å². The monoisotopic (exact) mass is 302 g/mol. The van der Waals surface area contributed by atoms with Crippen molar-refractivity contribution in [2.45, 2.75) is 32.7 Å². The van der Waals surface area contributed by atoms with Gasteiger partial charge in [-0.15, -0.1) is 0 Å². The Kier molecular flexibility index (Phi) is 5.34. The molecule has 0 aliphatic carbocycles. The van der Waals surface area contributed by atoms with Gasteiger partial charge in [0, 0.05) is 19.4 Å². The van der Waals surface area contributed by atoms with Crippen molar-refractivity contribution in [3.63, 3.8) is 0 Å². The standard InChI is InChI=1S/C11H15BrN2O3/c1-3-14-10(9(12)7-13-14)6-8(15)4-5-11(16)17-2/h7H,3-6H2,1-2H3. The van der Waals surface area contributed by atoms with Crippen molar-refractivity contribution < 1.29 is 14.3 Å². The van der Waals surface area contributed by atoms with Crippen LogP contribution in [0.5, 0.6) is 0 Å². The van der Waals surface area contributed by atoms with E-state index in [9.17, 15) is 9.59 Å². The number of Topliss-reactive ketones (excluding diaryl/α,β-unsaturated/α-hetero) is 1. The molecule has 1 heterocycles. The largest absolute Gasteiger partial charge is 0.469 e. The number of aryl methyl sites for hydroxylation is 1. The molecule has 0 saturated heterocycles. The van der Waals surface area contributed by atoms with Crippen LogP contribution in [0, 0.1) is 0 Å². The number of hydrogen-bond donors (Lipinski definition) is 0. The molecule has 0 aliphatic rings. The maximum atomic E-state index is 11.7. The lowest BCUT2D eigenvalue weighted by molar-refractivity contribution is -0.141. The summed E-state index contributed by atoms with van der Waals surface area (Å²) in [5.74, 6) is -0.354. The first-order chi connectivity index (χ1) is 8.08. The van der Waals surface area contributed by atoms with Crippen LogP contribution in [0.3, 0.4) is 0 Å². The van der Waals surface area contributed by atoms with Gasteiger partial charge in [0.2, 0.25) is 0 Å².